The zero-order chi connectivity index (χ0) is 18.6. The lowest BCUT2D eigenvalue weighted by Gasteiger charge is -2.16. The highest BCUT2D eigenvalue weighted by Crippen LogP contribution is 2.23. The molecule has 1 aliphatic heterocycles. The molecule has 0 bridgehead atoms. The minimum absolute atomic E-state index is 0.151. The molecule has 1 N–H and O–H groups in total. The summed E-state index contributed by atoms with van der Waals surface area (Å²) in [7, 11) is 0. The normalized spacial score (nSPS) is 13.8. The summed E-state index contributed by atoms with van der Waals surface area (Å²) in [4.78, 5) is 26.0. The Morgan fingerprint density at radius 1 is 1.07 bits per heavy atom. The van der Waals surface area contributed by atoms with Gasteiger partial charge in [-0.15, -0.1) is 0 Å². The van der Waals surface area contributed by atoms with Gasteiger partial charge in [-0.25, -0.2) is 0 Å². The predicted octanol–water partition coefficient (Wildman–Crippen LogP) is 3.31. The lowest BCUT2D eigenvalue weighted by atomic mass is 10.2. The highest BCUT2D eigenvalue weighted by molar-refractivity contribution is 6.04. The van der Waals surface area contributed by atoms with E-state index in [0.29, 0.717) is 24.2 Å². The van der Waals surface area contributed by atoms with Gasteiger partial charge in [0.15, 0.2) is 0 Å². The average Bonchev–Trinajstić information content (AvgIpc) is 3.32. The van der Waals surface area contributed by atoms with Crippen LogP contribution in [0.25, 0.3) is 0 Å². The Balaban J connectivity index is 1.40. The largest absolute Gasteiger partial charge is 0.322 e. The van der Waals surface area contributed by atoms with Crippen LogP contribution in [0.15, 0.2) is 67.0 Å². The van der Waals surface area contributed by atoms with Crippen LogP contribution in [0.4, 0.5) is 11.4 Å². The molecule has 6 heteroatoms. The minimum atomic E-state index is -0.209. The molecule has 2 aromatic carbocycles. The van der Waals surface area contributed by atoms with Crippen LogP contribution in [-0.4, -0.2) is 28.1 Å². The molecule has 0 radical (unpaired) electrons. The number of carbonyl (C=O) groups is 2. The van der Waals surface area contributed by atoms with Crippen molar-refractivity contribution in [2.24, 2.45) is 0 Å². The van der Waals surface area contributed by atoms with Crippen molar-refractivity contribution in [2.75, 3.05) is 16.8 Å². The Labute approximate surface area is 157 Å². The van der Waals surface area contributed by atoms with Crippen molar-refractivity contribution in [3.63, 3.8) is 0 Å². The Hall–Kier alpha value is -3.41. The van der Waals surface area contributed by atoms with Crippen molar-refractivity contribution in [3.05, 3.63) is 78.1 Å². The van der Waals surface area contributed by atoms with Crippen LogP contribution in [0, 0.1) is 0 Å². The molecule has 0 atom stereocenters. The zero-order valence-corrected chi connectivity index (χ0v) is 14.8. The maximum Gasteiger partial charge on any atom is 0.258 e. The number of hydrogen-bond donors (Lipinski definition) is 1. The molecular formula is C21H20N4O2. The molecule has 2 heterocycles. The van der Waals surface area contributed by atoms with E-state index >= 15 is 0 Å². The predicted molar refractivity (Wildman–Crippen MR) is 104 cm³/mol. The van der Waals surface area contributed by atoms with Gasteiger partial charge in [0, 0.05) is 30.5 Å². The monoisotopic (exact) mass is 360 g/mol. The van der Waals surface area contributed by atoms with Crippen LogP contribution >= 0.6 is 0 Å². The number of nitrogens with zero attached hydrogens (tertiary/aromatic N) is 3. The van der Waals surface area contributed by atoms with Crippen molar-refractivity contribution in [1.82, 2.24) is 9.78 Å². The summed E-state index contributed by atoms with van der Waals surface area (Å²) in [6, 6.07) is 17.3. The Morgan fingerprint density at radius 3 is 2.56 bits per heavy atom. The number of aromatic nitrogens is 2. The van der Waals surface area contributed by atoms with Crippen molar-refractivity contribution < 1.29 is 9.59 Å². The summed E-state index contributed by atoms with van der Waals surface area (Å²) in [5, 5.41) is 7.13. The molecular weight excluding hydrogens is 340 g/mol. The van der Waals surface area contributed by atoms with Gasteiger partial charge in [0.05, 0.1) is 18.3 Å². The van der Waals surface area contributed by atoms with Gasteiger partial charge < -0.3 is 10.2 Å². The third-order valence-electron chi connectivity index (χ3n) is 4.59. The molecule has 4 rings (SSSR count). The average molecular weight is 360 g/mol. The van der Waals surface area contributed by atoms with Gasteiger partial charge >= 0.3 is 0 Å². The molecule has 0 spiro atoms. The maximum atomic E-state index is 12.4. The number of benzene rings is 2. The molecule has 3 aromatic rings. The van der Waals surface area contributed by atoms with Crippen LogP contribution in [0.3, 0.4) is 0 Å². The quantitative estimate of drug-likeness (QED) is 0.759. The van der Waals surface area contributed by atoms with Gasteiger partial charge in [0.2, 0.25) is 5.91 Å². The van der Waals surface area contributed by atoms with E-state index in [2.05, 4.69) is 10.4 Å². The molecule has 1 aromatic heterocycles. The van der Waals surface area contributed by atoms with E-state index in [1.54, 1.807) is 22.0 Å². The van der Waals surface area contributed by atoms with Crippen LogP contribution in [-0.2, 0) is 11.3 Å². The number of rotatable bonds is 5. The summed E-state index contributed by atoms with van der Waals surface area (Å²) in [5.74, 6) is -0.0584. The minimum Gasteiger partial charge on any atom is -0.322 e. The van der Waals surface area contributed by atoms with E-state index in [0.717, 1.165) is 24.2 Å². The van der Waals surface area contributed by atoms with Gasteiger partial charge in [0.1, 0.15) is 0 Å². The summed E-state index contributed by atoms with van der Waals surface area (Å²) >= 11 is 0. The van der Waals surface area contributed by atoms with Crippen molar-refractivity contribution in [2.45, 2.75) is 19.4 Å². The van der Waals surface area contributed by atoms with Crippen LogP contribution in [0.1, 0.15) is 28.8 Å². The second-order valence-corrected chi connectivity index (χ2v) is 6.56. The van der Waals surface area contributed by atoms with Crippen molar-refractivity contribution >= 4 is 23.2 Å². The highest BCUT2D eigenvalue weighted by atomic mass is 16.2. The first-order valence-electron chi connectivity index (χ1n) is 8.97. The van der Waals surface area contributed by atoms with E-state index in [1.807, 2.05) is 54.6 Å². The Kier molecular flexibility index (Phi) is 4.70. The topological polar surface area (TPSA) is 67.2 Å². The second kappa shape index (κ2) is 7.45. The van der Waals surface area contributed by atoms with Gasteiger partial charge in [-0.3, -0.25) is 14.3 Å². The fourth-order valence-electron chi connectivity index (χ4n) is 3.19. The third-order valence-corrected chi connectivity index (χ3v) is 4.59. The van der Waals surface area contributed by atoms with Crippen molar-refractivity contribution in [3.8, 4) is 0 Å². The first-order chi connectivity index (χ1) is 13.2. The fraction of sp³-hybridized carbons (Fsp3) is 0.190. The lowest BCUT2D eigenvalue weighted by Crippen LogP contribution is -2.23. The maximum absolute atomic E-state index is 12.4. The van der Waals surface area contributed by atoms with Gasteiger partial charge in [0.25, 0.3) is 5.91 Å². The SMILES string of the molecule is O=C(Nc1ccc(N2CCCC2=O)cc1)c1cnn(Cc2ccccc2)c1. The molecule has 1 aliphatic rings. The first kappa shape index (κ1) is 17.0. The van der Waals surface area contributed by atoms with E-state index in [1.165, 1.54) is 0 Å². The van der Waals surface area contributed by atoms with E-state index < -0.39 is 0 Å². The first-order valence-corrected chi connectivity index (χ1v) is 8.97. The molecule has 1 fully saturated rings. The molecule has 27 heavy (non-hydrogen) atoms. The third kappa shape index (κ3) is 3.89. The number of anilines is 2. The fourth-order valence-corrected chi connectivity index (χ4v) is 3.19. The summed E-state index contributed by atoms with van der Waals surface area (Å²) in [6.45, 7) is 1.37. The molecule has 2 amide bonds. The number of hydrogen-bond acceptors (Lipinski definition) is 3. The summed E-state index contributed by atoms with van der Waals surface area (Å²) < 4.78 is 1.74. The molecule has 1 saturated heterocycles. The smallest absolute Gasteiger partial charge is 0.258 e. The lowest BCUT2D eigenvalue weighted by molar-refractivity contribution is -0.117. The zero-order valence-electron chi connectivity index (χ0n) is 14.8. The van der Waals surface area contributed by atoms with Crippen LogP contribution in [0.5, 0.6) is 0 Å². The standard InChI is InChI=1S/C21H20N4O2/c26-20-7-4-12-25(20)19-10-8-18(9-11-19)23-21(27)17-13-22-24(15-17)14-16-5-2-1-3-6-16/h1-3,5-6,8-11,13,15H,4,7,12,14H2,(H,23,27). The molecule has 136 valence electrons. The van der Waals surface area contributed by atoms with E-state index in [4.69, 9.17) is 0 Å². The van der Waals surface area contributed by atoms with Crippen molar-refractivity contribution in [1.29, 1.82) is 0 Å². The summed E-state index contributed by atoms with van der Waals surface area (Å²) in [6.07, 6.45) is 4.80. The van der Waals surface area contributed by atoms with Crippen LogP contribution < -0.4 is 10.2 Å². The Morgan fingerprint density at radius 2 is 1.85 bits per heavy atom. The van der Waals surface area contributed by atoms with Gasteiger partial charge in [-0.1, -0.05) is 30.3 Å². The number of amides is 2. The van der Waals surface area contributed by atoms with Gasteiger partial charge in [-0.05, 0) is 36.2 Å². The molecule has 0 aliphatic carbocycles. The Bertz CT molecular complexity index is 948. The highest BCUT2D eigenvalue weighted by Gasteiger charge is 2.21. The molecule has 0 saturated carbocycles. The van der Waals surface area contributed by atoms with E-state index in [-0.39, 0.29) is 11.8 Å². The van der Waals surface area contributed by atoms with Crippen LogP contribution in [0.2, 0.25) is 0 Å². The molecule has 6 nitrogen and oxygen atoms in total. The number of carbonyl (C=O) groups excluding carboxylic acids is 2. The van der Waals surface area contributed by atoms with Gasteiger partial charge in [-0.2, -0.15) is 5.10 Å². The second-order valence-electron chi connectivity index (χ2n) is 6.56. The van der Waals surface area contributed by atoms with E-state index in [9.17, 15) is 9.59 Å². The molecule has 0 unspecified atom stereocenters. The summed E-state index contributed by atoms with van der Waals surface area (Å²) in [5.41, 5.74) is 3.18. The number of nitrogens with one attached hydrogen (secondary N) is 1.